The van der Waals surface area contributed by atoms with Gasteiger partial charge in [-0.3, -0.25) is 4.79 Å². The second-order valence-corrected chi connectivity index (χ2v) is 4.33. The third-order valence-electron chi connectivity index (χ3n) is 2.77. The zero-order chi connectivity index (χ0) is 14.4. The molecule has 2 aromatic rings. The maximum atomic E-state index is 12.3. The quantitative estimate of drug-likeness (QED) is 0.866. The summed E-state index contributed by atoms with van der Waals surface area (Å²) in [4.78, 5) is 13.9. The van der Waals surface area contributed by atoms with Gasteiger partial charge in [0.25, 0.3) is 5.91 Å². The molecule has 0 atom stereocenters. The van der Waals surface area contributed by atoms with Gasteiger partial charge in [0.1, 0.15) is 6.61 Å². The van der Waals surface area contributed by atoms with Gasteiger partial charge in [-0.25, -0.2) is 0 Å². The van der Waals surface area contributed by atoms with E-state index in [0.29, 0.717) is 17.7 Å². The first-order chi connectivity index (χ1) is 9.70. The first-order valence-electron chi connectivity index (χ1n) is 6.17. The summed E-state index contributed by atoms with van der Waals surface area (Å²) in [5, 5.41) is 8.68. The number of aliphatic hydroxyl groups excluding tert-OH is 1. The van der Waals surface area contributed by atoms with Crippen molar-refractivity contribution in [2.24, 2.45) is 0 Å². The number of nitrogens with zero attached hydrogens (tertiary/aromatic N) is 1. The van der Waals surface area contributed by atoms with Crippen molar-refractivity contribution in [1.29, 1.82) is 0 Å². The highest BCUT2D eigenvalue weighted by Gasteiger charge is 2.12. The van der Waals surface area contributed by atoms with Gasteiger partial charge in [0.15, 0.2) is 0 Å². The van der Waals surface area contributed by atoms with Crippen molar-refractivity contribution in [2.45, 2.75) is 6.54 Å². The van der Waals surface area contributed by atoms with Crippen LogP contribution >= 0.6 is 0 Å². The molecule has 4 heteroatoms. The van der Waals surface area contributed by atoms with Crippen molar-refractivity contribution < 1.29 is 14.3 Å². The predicted octanol–water partition coefficient (Wildman–Crippen LogP) is 1.90. The number of hydrogen-bond donors (Lipinski definition) is 1. The molecule has 1 aromatic heterocycles. The van der Waals surface area contributed by atoms with E-state index in [-0.39, 0.29) is 12.5 Å². The molecule has 1 N–H and O–H groups in total. The van der Waals surface area contributed by atoms with Crippen LogP contribution in [-0.2, 0) is 6.54 Å². The molecule has 1 aromatic carbocycles. The van der Waals surface area contributed by atoms with E-state index in [9.17, 15) is 4.79 Å². The predicted molar refractivity (Wildman–Crippen MR) is 74.9 cm³/mol. The lowest BCUT2D eigenvalue weighted by molar-refractivity contribution is 0.0785. The fourth-order valence-corrected chi connectivity index (χ4v) is 1.82. The van der Waals surface area contributed by atoms with Crippen LogP contribution in [-0.4, -0.2) is 29.6 Å². The van der Waals surface area contributed by atoms with E-state index in [1.54, 1.807) is 48.7 Å². The average Bonchev–Trinajstić information content (AvgIpc) is 2.97. The van der Waals surface area contributed by atoms with Crippen LogP contribution in [0.15, 0.2) is 47.3 Å². The van der Waals surface area contributed by atoms with E-state index in [1.165, 1.54) is 0 Å². The van der Waals surface area contributed by atoms with Gasteiger partial charge in [0, 0.05) is 30.3 Å². The van der Waals surface area contributed by atoms with Crippen molar-refractivity contribution >= 4 is 5.91 Å². The summed E-state index contributed by atoms with van der Waals surface area (Å²) < 4.78 is 4.98. The Morgan fingerprint density at radius 3 is 2.95 bits per heavy atom. The minimum absolute atomic E-state index is 0.0844. The highest BCUT2D eigenvalue weighted by atomic mass is 16.3. The normalized spacial score (nSPS) is 9.70. The second-order valence-electron chi connectivity index (χ2n) is 4.33. The third-order valence-corrected chi connectivity index (χ3v) is 2.77. The maximum Gasteiger partial charge on any atom is 0.253 e. The number of amides is 1. The molecule has 0 saturated heterocycles. The van der Waals surface area contributed by atoms with E-state index in [1.807, 2.05) is 6.07 Å². The number of carbonyl (C=O) groups is 1. The van der Waals surface area contributed by atoms with Gasteiger partial charge >= 0.3 is 0 Å². The molecule has 0 aliphatic rings. The van der Waals surface area contributed by atoms with Crippen molar-refractivity contribution in [1.82, 2.24) is 4.90 Å². The molecule has 102 valence electrons. The molecule has 0 radical (unpaired) electrons. The number of furan rings is 1. The molecule has 0 spiro atoms. The lowest BCUT2D eigenvalue weighted by Crippen LogP contribution is -2.26. The van der Waals surface area contributed by atoms with Gasteiger partial charge in [0.05, 0.1) is 12.5 Å². The van der Waals surface area contributed by atoms with Crippen LogP contribution in [0.3, 0.4) is 0 Å². The third kappa shape index (κ3) is 3.50. The van der Waals surface area contributed by atoms with E-state index < -0.39 is 0 Å². The van der Waals surface area contributed by atoms with E-state index in [4.69, 9.17) is 9.52 Å². The fourth-order valence-electron chi connectivity index (χ4n) is 1.82. The highest BCUT2D eigenvalue weighted by molar-refractivity contribution is 5.94. The molecule has 4 nitrogen and oxygen atoms in total. The topological polar surface area (TPSA) is 53.7 Å². The largest absolute Gasteiger partial charge is 0.472 e. The van der Waals surface area contributed by atoms with Crippen LogP contribution < -0.4 is 0 Å². The Balaban J connectivity index is 2.12. The van der Waals surface area contributed by atoms with Crippen LogP contribution in [0.2, 0.25) is 0 Å². The van der Waals surface area contributed by atoms with Crippen molar-refractivity contribution in [3.05, 3.63) is 59.5 Å². The van der Waals surface area contributed by atoms with Gasteiger partial charge in [-0.05, 0) is 24.3 Å². The average molecular weight is 269 g/mol. The molecule has 0 saturated carbocycles. The molecule has 0 bridgehead atoms. The lowest BCUT2D eigenvalue weighted by atomic mass is 10.1. The first-order valence-corrected chi connectivity index (χ1v) is 6.17. The SMILES string of the molecule is CN(Cc1ccoc1)C(=O)c1cccc(C#CCO)c1. The second kappa shape index (κ2) is 6.60. The summed E-state index contributed by atoms with van der Waals surface area (Å²) >= 11 is 0. The summed E-state index contributed by atoms with van der Waals surface area (Å²) in [5.41, 5.74) is 2.22. The minimum Gasteiger partial charge on any atom is -0.472 e. The Kier molecular flexibility index (Phi) is 4.59. The van der Waals surface area contributed by atoms with Crippen LogP contribution in [0.4, 0.5) is 0 Å². The summed E-state index contributed by atoms with van der Waals surface area (Å²) in [7, 11) is 1.74. The molecule has 2 rings (SSSR count). The zero-order valence-electron chi connectivity index (χ0n) is 11.2. The Morgan fingerprint density at radius 1 is 1.40 bits per heavy atom. The number of aliphatic hydroxyl groups is 1. The molecule has 0 aliphatic heterocycles. The molecule has 0 aliphatic carbocycles. The lowest BCUT2D eigenvalue weighted by Gasteiger charge is -2.16. The maximum absolute atomic E-state index is 12.3. The van der Waals surface area contributed by atoms with E-state index in [0.717, 1.165) is 5.56 Å². The van der Waals surface area contributed by atoms with Crippen LogP contribution in [0.5, 0.6) is 0 Å². The molecule has 1 heterocycles. The Labute approximate surface area is 117 Å². The van der Waals surface area contributed by atoms with Crippen molar-refractivity contribution in [3.63, 3.8) is 0 Å². The zero-order valence-corrected chi connectivity index (χ0v) is 11.2. The summed E-state index contributed by atoms with van der Waals surface area (Å²) in [6, 6.07) is 8.87. The molecular formula is C16H15NO3. The van der Waals surface area contributed by atoms with Gasteiger partial charge in [-0.15, -0.1) is 0 Å². The number of hydrogen-bond acceptors (Lipinski definition) is 3. The standard InChI is InChI=1S/C16H15NO3/c1-17(11-14-7-9-20-12-14)16(19)15-6-2-4-13(10-15)5-3-8-18/h2,4,6-7,9-10,12,18H,8,11H2,1H3. The number of benzene rings is 1. The first kappa shape index (κ1) is 13.9. The smallest absolute Gasteiger partial charge is 0.253 e. The van der Waals surface area contributed by atoms with Gasteiger partial charge in [-0.1, -0.05) is 17.9 Å². The van der Waals surface area contributed by atoms with Gasteiger partial charge in [0.2, 0.25) is 0 Å². The summed E-state index contributed by atoms with van der Waals surface area (Å²) in [5.74, 6) is 5.27. The molecule has 0 fully saturated rings. The Morgan fingerprint density at radius 2 is 2.25 bits per heavy atom. The van der Waals surface area contributed by atoms with Crippen molar-refractivity contribution in [3.8, 4) is 11.8 Å². The molecular weight excluding hydrogens is 254 g/mol. The van der Waals surface area contributed by atoms with Crippen LogP contribution in [0.25, 0.3) is 0 Å². The molecule has 0 unspecified atom stereocenters. The van der Waals surface area contributed by atoms with Gasteiger partial charge < -0.3 is 14.4 Å². The number of rotatable bonds is 3. The molecule has 20 heavy (non-hydrogen) atoms. The fraction of sp³-hybridized carbons (Fsp3) is 0.188. The van der Waals surface area contributed by atoms with E-state index in [2.05, 4.69) is 11.8 Å². The summed E-state index contributed by atoms with van der Waals surface area (Å²) in [6.45, 7) is 0.292. The molecule has 1 amide bonds. The van der Waals surface area contributed by atoms with Crippen LogP contribution in [0, 0.1) is 11.8 Å². The highest BCUT2D eigenvalue weighted by Crippen LogP contribution is 2.10. The number of carbonyl (C=O) groups excluding carboxylic acids is 1. The van der Waals surface area contributed by atoms with Crippen LogP contribution in [0.1, 0.15) is 21.5 Å². The van der Waals surface area contributed by atoms with E-state index >= 15 is 0 Å². The van der Waals surface area contributed by atoms with Crippen molar-refractivity contribution in [2.75, 3.05) is 13.7 Å². The summed E-state index contributed by atoms with van der Waals surface area (Å²) in [6.07, 6.45) is 3.20. The monoisotopic (exact) mass is 269 g/mol. The van der Waals surface area contributed by atoms with Gasteiger partial charge in [-0.2, -0.15) is 0 Å². The Hall–Kier alpha value is -2.51. The Bertz CT molecular complexity index is 635. The minimum atomic E-state index is -0.196.